The van der Waals surface area contributed by atoms with Crippen molar-refractivity contribution >= 4 is 23.4 Å². The lowest BCUT2D eigenvalue weighted by molar-refractivity contribution is -0.146. The largest absolute Gasteiger partial charge is 0.481 e. The van der Waals surface area contributed by atoms with Crippen LogP contribution in [0.2, 0.25) is 5.02 Å². The second-order valence-electron chi connectivity index (χ2n) is 4.75. The van der Waals surface area contributed by atoms with E-state index in [0.29, 0.717) is 10.6 Å². The molecule has 0 unspecified atom stereocenters. The Morgan fingerprint density at radius 2 is 1.94 bits per heavy atom. The summed E-state index contributed by atoms with van der Waals surface area (Å²) in [6, 6.07) is 4.95. The summed E-state index contributed by atoms with van der Waals surface area (Å²) >= 11 is 5.86. The maximum Gasteiger partial charge on any atom is 0.309 e. The van der Waals surface area contributed by atoms with Crippen molar-refractivity contribution in [2.45, 2.75) is 27.2 Å². The monoisotopic (exact) mass is 254 g/mol. The summed E-state index contributed by atoms with van der Waals surface area (Å²) in [5.74, 6) is -1.16. The van der Waals surface area contributed by atoms with E-state index in [-0.39, 0.29) is 12.2 Å². The maximum atomic E-state index is 11.9. The third kappa shape index (κ3) is 3.30. The van der Waals surface area contributed by atoms with E-state index < -0.39 is 11.4 Å². The molecule has 0 spiro atoms. The molecule has 0 bridgehead atoms. The summed E-state index contributed by atoms with van der Waals surface area (Å²) in [5.41, 5.74) is 0.261. The molecule has 92 valence electrons. The third-order valence-corrected chi connectivity index (χ3v) is 3.09. The molecule has 0 atom stereocenters. The fourth-order valence-corrected chi connectivity index (χ4v) is 1.51. The molecule has 1 aromatic carbocycles. The van der Waals surface area contributed by atoms with Gasteiger partial charge in [0, 0.05) is 17.0 Å². The zero-order chi connectivity index (χ0) is 13.2. The molecule has 0 fully saturated rings. The number of aliphatic carboxylic acids is 1. The van der Waals surface area contributed by atoms with Gasteiger partial charge >= 0.3 is 5.97 Å². The normalized spacial score (nSPS) is 11.3. The second kappa shape index (κ2) is 4.88. The van der Waals surface area contributed by atoms with E-state index in [4.69, 9.17) is 16.7 Å². The van der Waals surface area contributed by atoms with Gasteiger partial charge in [-0.1, -0.05) is 11.6 Å². The van der Waals surface area contributed by atoms with Gasteiger partial charge in [0.25, 0.3) is 0 Å². The highest BCUT2D eigenvalue weighted by atomic mass is 35.5. The Labute approximate surface area is 105 Å². The predicted octanol–water partition coefficient (Wildman–Crippen LogP) is 3.33. The molecule has 0 saturated heterocycles. The van der Waals surface area contributed by atoms with Crippen LogP contribution in [0.15, 0.2) is 18.2 Å². The maximum absolute atomic E-state index is 11.9. The molecule has 0 aliphatic carbocycles. The third-order valence-electron chi connectivity index (χ3n) is 2.66. The lowest BCUT2D eigenvalue weighted by Gasteiger charge is -2.17. The number of rotatable bonds is 4. The van der Waals surface area contributed by atoms with Crippen LogP contribution in [0.4, 0.5) is 0 Å². The van der Waals surface area contributed by atoms with E-state index in [0.717, 1.165) is 5.56 Å². The van der Waals surface area contributed by atoms with Gasteiger partial charge < -0.3 is 5.11 Å². The predicted molar refractivity (Wildman–Crippen MR) is 66.6 cm³/mol. The fourth-order valence-electron chi connectivity index (χ4n) is 1.40. The number of carboxylic acid groups (broad SMARTS) is 1. The van der Waals surface area contributed by atoms with Gasteiger partial charge in [-0.15, -0.1) is 0 Å². The van der Waals surface area contributed by atoms with Crippen LogP contribution in [0, 0.1) is 12.3 Å². The second-order valence-corrected chi connectivity index (χ2v) is 5.16. The van der Waals surface area contributed by atoms with Crippen molar-refractivity contribution in [3.63, 3.8) is 0 Å². The first kappa shape index (κ1) is 13.7. The van der Waals surface area contributed by atoms with Crippen LogP contribution in [0.25, 0.3) is 0 Å². The Hall–Kier alpha value is -1.35. The van der Waals surface area contributed by atoms with Gasteiger partial charge in [0.05, 0.1) is 5.41 Å². The molecule has 0 heterocycles. The number of halogens is 1. The first-order chi connectivity index (χ1) is 7.74. The quantitative estimate of drug-likeness (QED) is 0.839. The molecular formula is C13H15ClO3. The highest BCUT2D eigenvalue weighted by molar-refractivity contribution is 6.31. The number of Topliss-reactive ketones (excluding diaryl/α,β-unsaturated/α-hetero) is 1. The van der Waals surface area contributed by atoms with E-state index in [9.17, 15) is 9.59 Å². The minimum atomic E-state index is -1.05. The molecule has 17 heavy (non-hydrogen) atoms. The van der Waals surface area contributed by atoms with Gasteiger partial charge in [0.1, 0.15) is 0 Å². The molecule has 0 aliphatic rings. The lowest BCUT2D eigenvalue weighted by atomic mass is 9.85. The number of ketones is 1. The molecular weight excluding hydrogens is 240 g/mol. The SMILES string of the molecule is Cc1cc(C(=O)CC(C)(C)C(=O)O)ccc1Cl. The van der Waals surface area contributed by atoms with Crippen molar-refractivity contribution < 1.29 is 14.7 Å². The molecule has 0 aliphatic heterocycles. The molecule has 0 saturated carbocycles. The fraction of sp³-hybridized carbons (Fsp3) is 0.385. The van der Waals surface area contributed by atoms with Crippen LogP contribution in [-0.2, 0) is 4.79 Å². The number of carboxylic acids is 1. The Morgan fingerprint density at radius 1 is 1.35 bits per heavy atom. The summed E-state index contributed by atoms with van der Waals surface area (Å²) in [5, 5.41) is 9.56. The minimum Gasteiger partial charge on any atom is -0.481 e. The summed E-state index contributed by atoms with van der Waals surface area (Å²) in [6.07, 6.45) is -0.0244. The molecule has 1 N–H and O–H groups in total. The van der Waals surface area contributed by atoms with Crippen LogP contribution in [-0.4, -0.2) is 16.9 Å². The van der Waals surface area contributed by atoms with Crippen molar-refractivity contribution in [2.24, 2.45) is 5.41 Å². The van der Waals surface area contributed by atoms with Crippen molar-refractivity contribution in [2.75, 3.05) is 0 Å². The zero-order valence-corrected chi connectivity index (χ0v) is 10.8. The minimum absolute atomic E-state index is 0.0244. The van der Waals surface area contributed by atoms with Gasteiger partial charge in [0.15, 0.2) is 5.78 Å². The lowest BCUT2D eigenvalue weighted by Crippen LogP contribution is -2.26. The number of aryl methyl sites for hydroxylation is 1. The van der Waals surface area contributed by atoms with Crippen LogP contribution >= 0.6 is 11.6 Å². The van der Waals surface area contributed by atoms with Crippen LogP contribution in [0.5, 0.6) is 0 Å². The Morgan fingerprint density at radius 3 is 2.41 bits per heavy atom. The highest BCUT2D eigenvalue weighted by Gasteiger charge is 2.30. The number of benzene rings is 1. The van der Waals surface area contributed by atoms with Crippen LogP contribution < -0.4 is 0 Å². The van der Waals surface area contributed by atoms with E-state index in [1.807, 2.05) is 0 Å². The van der Waals surface area contributed by atoms with E-state index >= 15 is 0 Å². The smallest absolute Gasteiger partial charge is 0.309 e. The van der Waals surface area contributed by atoms with Crippen molar-refractivity contribution in [1.82, 2.24) is 0 Å². The average Bonchev–Trinajstić information content (AvgIpc) is 2.21. The van der Waals surface area contributed by atoms with Gasteiger partial charge in [-0.05, 0) is 44.5 Å². The van der Waals surface area contributed by atoms with Crippen LogP contribution in [0.1, 0.15) is 36.2 Å². The van der Waals surface area contributed by atoms with Gasteiger partial charge in [-0.25, -0.2) is 0 Å². The Bertz CT molecular complexity index is 464. The Balaban J connectivity index is 2.91. The summed E-state index contributed by atoms with van der Waals surface area (Å²) in [4.78, 5) is 22.9. The number of hydrogen-bond donors (Lipinski definition) is 1. The summed E-state index contributed by atoms with van der Waals surface area (Å²) < 4.78 is 0. The van der Waals surface area contributed by atoms with Gasteiger partial charge in [-0.3, -0.25) is 9.59 Å². The van der Waals surface area contributed by atoms with E-state index in [1.165, 1.54) is 13.8 Å². The molecule has 1 rings (SSSR count). The topological polar surface area (TPSA) is 54.4 Å². The average molecular weight is 255 g/mol. The molecule has 3 nitrogen and oxygen atoms in total. The van der Waals surface area contributed by atoms with E-state index in [1.54, 1.807) is 25.1 Å². The highest BCUT2D eigenvalue weighted by Crippen LogP contribution is 2.24. The first-order valence-electron chi connectivity index (χ1n) is 5.27. The molecule has 0 amide bonds. The summed E-state index contributed by atoms with van der Waals surface area (Å²) in [6.45, 7) is 4.88. The van der Waals surface area contributed by atoms with E-state index in [2.05, 4.69) is 0 Å². The van der Waals surface area contributed by atoms with Gasteiger partial charge in [0.2, 0.25) is 0 Å². The van der Waals surface area contributed by atoms with Crippen molar-refractivity contribution in [1.29, 1.82) is 0 Å². The number of carbonyl (C=O) groups is 2. The number of carbonyl (C=O) groups excluding carboxylic acids is 1. The number of hydrogen-bond acceptors (Lipinski definition) is 2. The van der Waals surface area contributed by atoms with Crippen molar-refractivity contribution in [3.05, 3.63) is 34.3 Å². The van der Waals surface area contributed by atoms with Gasteiger partial charge in [-0.2, -0.15) is 0 Å². The molecule has 4 heteroatoms. The Kier molecular flexibility index (Phi) is 3.94. The molecule has 0 aromatic heterocycles. The molecule has 1 aromatic rings. The van der Waals surface area contributed by atoms with Crippen LogP contribution in [0.3, 0.4) is 0 Å². The summed E-state index contributed by atoms with van der Waals surface area (Å²) in [7, 11) is 0. The standard InChI is InChI=1S/C13H15ClO3/c1-8-6-9(4-5-10(8)14)11(15)7-13(2,3)12(16)17/h4-6H,7H2,1-3H3,(H,16,17). The molecule has 0 radical (unpaired) electrons. The van der Waals surface area contributed by atoms with Crippen molar-refractivity contribution in [3.8, 4) is 0 Å². The zero-order valence-electron chi connectivity index (χ0n) is 10.1. The first-order valence-corrected chi connectivity index (χ1v) is 5.64.